The van der Waals surface area contributed by atoms with Gasteiger partial charge in [-0.1, -0.05) is 11.6 Å². The second-order valence-electron chi connectivity index (χ2n) is 6.64. The van der Waals surface area contributed by atoms with E-state index < -0.39 is 0 Å². The molecule has 25 heavy (non-hydrogen) atoms. The van der Waals surface area contributed by atoms with Crippen molar-refractivity contribution in [2.24, 2.45) is 0 Å². The molecule has 0 saturated heterocycles. The van der Waals surface area contributed by atoms with E-state index in [0.717, 1.165) is 35.2 Å². The maximum atomic E-state index is 10.5. The van der Waals surface area contributed by atoms with E-state index in [4.69, 9.17) is 16.3 Å². The minimum atomic E-state index is -0.171. The Balaban J connectivity index is 1.80. The summed E-state index contributed by atoms with van der Waals surface area (Å²) < 4.78 is 5.22. The van der Waals surface area contributed by atoms with Gasteiger partial charge >= 0.3 is 0 Å². The molecule has 5 nitrogen and oxygen atoms in total. The third-order valence-electron chi connectivity index (χ3n) is 5.39. The maximum absolute atomic E-state index is 10.5. The lowest BCUT2D eigenvalue weighted by Crippen LogP contribution is -2.39. The van der Waals surface area contributed by atoms with Crippen LogP contribution in [0.25, 0.3) is 0 Å². The van der Waals surface area contributed by atoms with Crippen LogP contribution in [0.3, 0.4) is 0 Å². The number of fused-ring (bicyclic) bond motifs is 4. The van der Waals surface area contributed by atoms with E-state index in [1.807, 2.05) is 6.07 Å². The van der Waals surface area contributed by atoms with E-state index in [0.29, 0.717) is 29.3 Å². The molecule has 132 valence electrons. The van der Waals surface area contributed by atoms with Crippen LogP contribution in [0.15, 0.2) is 18.2 Å². The van der Waals surface area contributed by atoms with Crippen molar-refractivity contribution in [1.29, 1.82) is 0 Å². The van der Waals surface area contributed by atoms with Crippen LogP contribution in [0.5, 0.6) is 17.2 Å². The van der Waals surface area contributed by atoms with Crippen LogP contribution in [0, 0.1) is 0 Å². The maximum Gasteiger partial charge on any atom is 0.162 e. The third-order valence-corrected chi connectivity index (χ3v) is 5.72. The molecule has 2 aromatic carbocycles. The van der Waals surface area contributed by atoms with E-state index in [1.54, 1.807) is 12.1 Å². The smallest absolute Gasteiger partial charge is 0.162 e. The summed E-state index contributed by atoms with van der Waals surface area (Å²) in [7, 11) is 1.52. The van der Waals surface area contributed by atoms with Gasteiger partial charge in [-0.3, -0.25) is 4.90 Å². The number of phenols is 2. The summed E-state index contributed by atoms with van der Waals surface area (Å²) in [4.78, 5) is 2.29. The number of halogens is 1. The number of hydrogen-bond acceptors (Lipinski definition) is 5. The minimum Gasteiger partial charge on any atom is -0.508 e. The number of nitrogens with zero attached hydrogens (tertiary/aromatic N) is 1. The average Bonchev–Trinajstić information content (AvgIpc) is 2.63. The lowest BCUT2D eigenvalue weighted by atomic mass is 9.83. The molecule has 2 aromatic rings. The molecule has 0 saturated carbocycles. The van der Waals surface area contributed by atoms with Crippen LogP contribution in [-0.2, 0) is 26.0 Å². The summed E-state index contributed by atoms with van der Waals surface area (Å²) in [6.45, 7) is 1.27. The van der Waals surface area contributed by atoms with Gasteiger partial charge in [-0.25, -0.2) is 0 Å². The van der Waals surface area contributed by atoms with Crippen LogP contribution in [0.4, 0.5) is 0 Å². The second-order valence-corrected chi connectivity index (χ2v) is 7.05. The predicted molar refractivity (Wildman–Crippen MR) is 94.3 cm³/mol. The van der Waals surface area contributed by atoms with Crippen molar-refractivity contribution in [2.45, 2.75) is 32.0 Å². The normalized spacial score (nSPS) is 19.1. The van der Waals surface area contributed by atoms with Gasteiger partial charge in [0.15, 0.2) is 11.5 Å². The van der Waals surface area contributed by atoms with Gasteiger partial charge in [0.25, 0.3) is 0 Å². The van der Waals surface area contributed by atoms with Crippen molar-refractivity contribution in [3.8, 4) is 17.2 Å². The standard InChI is InChI=1S/C19H20ClNO4/c1-25-18-7-15(20)13-5-16-12-6-17(23)11(9-22)4-10(12)2-3-21(16)8-14(13)19(18)24/h4,6-7,16,22-24H,2-3,5,8-9H2,1H3/t16-/m1/s1. The molecule has 0 spiro atoms. The molecule has 0 amide bonds. The van der Waals surface area contributed by atoms with Crippen molar-refractivity contribution in [1.82, 2.24) is 4.90 Å². The highest BCUT2D eigenvalue weighted by Crippen LogP contribution is 2.46. The number of hydrogen-bond donors (Lipinski definition) is 3. The Morgan fingerprint density at radius 3 is 2.76 bits per heavy atom. The Morgan fingerprint density at radius 1 is 1.24 bits per heavy atom. The molecule has 0 aromatic heterocycles. The van der Waals surface area contributed by atoms with Crippen molar-refractivity contribution in [2.75, 3.05) is 13.7 Å². The Kier molecular flexibility index (Phi) is 4.02. The van der Waals surface area contributed by atoms with Crippen LogP contribution >= 0.6 is 11.6 Å². The topological polar surface area (TPSA) is 73.2 Å². The lowest BCUT2D eigenvalue weighted by Gasteiger charge is -2.42. The van der Waals surface area contributed by atoms with E-state index >= 15 is 0 Å². The van der Waals surface area contributed by atoms with Crippen molar-refractivity contribution < 1.29 is 20.1 Å². The quantitative estimate of drug-likeness (QED) is 0.767. The first-order valence-corrected chi connectivity index (χ1v) is 8.68. The SMILES string of the molecule is COc1cc(Cl)c2c(c1O)CN1CCc3cc(CO)c(O)cc3[C@H]1C2. The largest absolute Gasteiger partial charge is 0.508 e. The van der Waals surface area contributed by atoms with E-state index in [1.165, 1.54) is 7.11 Å². The number of methoxy groups -OCH3 is 1. The fourth-order valence-corrected chi connectivity index (χ4v) is 4.34. The summed E-state index contributed by atoms with van der Waals surface area (Å²) in [5, 5.41) is 30.6. The van der Waals surface area contributed by atoms with Crippen molar-refractivity contribution >= 4 is 11.6 Å². The van der Waals surface area contributed by atoms with Gasteiger partial charge in [0, 0.05) is 41.3 Å². The molecule has 0 bridgehead atoms. The number of aliphatic hydroxyl groups excluding tert-OH is 1. The number of rotatable bonds is 2. The third kappa shape index (κ3) is 2.54. The average molecular weight is 362 g/mol. The van der Waals surface area contributed by atoms with E-state index in [2.05, 4.69) is 4.90 Å². The first-order chi connectivity index (χ1) is 12.0. The van der Waals surface area contributed by atoms with Gasteiger partial charge in [-0.05, 0) is 41.7 Å². The molecule has 0 aliphatic carbocycles. The summed E-state index contributed by atoms with van der Waals surface area (Å²) in [6.07, 6.45) is 1.50. The van der Waals surface area contributed by atoms with Gasteiger partial charge in [-0.15, -0.1) is 0 Å². The lowest BCUT2D eigenvalue weighted by molar-refractivity contribution is 0.157. The summed E-state index contributed by atoms with van der Waals surface area (Å²) >= 11 is 6.44. The molecule has 3 N–H and O–H groups in total. The highest BCUT2D eigenvalue weighted by Gasteiger charge is 2.35. The van der Waals surface area contributed by atoms with Crippen LogP contribution < -0.4 is 4.74 Å². The van der Waals surface area contributed by atoms with E-state index in [-0.39, 0.29) is 24.1 Å². The summed E-state index contributed by atoms with van der Waals surface area (Å²) in [5.74, 6) is 0.673. The molecule has 0 radical (unpaired) electrons. The molecule has 6 heteroatoms. The zero-order valence-corrected chi connectivity index (χ0v) is 14.7. The first-order valence-electron chi connectivity index (χ1n) is 8.30. The molecule has 1 atom stereocenters. The van der Waals surface area contributed by atoms with E-state index in [9.17, 15) is 15.3 Å². The highest BCUT2D eigenvalue weighted by atomic mass is 35.5. The van der Waals surface area contributed by atoms with Gasteiger partial charge in [-0.2, -0.15) is 0 Å². The minimum absolute atomic E-state index is 0.0974. The number of ether oxygens (including phenoxy) is 1. The molecule has 2 heterocycles. The molecule has 0 unspecified atom stereocenters. The van der Waals surface area contributed by atoms with Crippen molar-refractivity contribution in [3.05, 3.63) is 51.0 Å². The van der Waals surface area contributed by atoms with Crippen molar-refractivity contribution in [3.63, 3.8) is 0 Å². The molecule has 4 rings (SSSR count). The predicted octanol–water partition coefficient (Wildman–Crippen LogP) is 2.91. The van der Waals surface area contributed by atoms with Gasteiger partial charge in [0.05, 0.1) is 13.7 Å². The Morgan fingerprint density at radius 2 is 2.04 bits per heavy atom. The number of aliphatic hydroxyl groups is 1. The zero-order chi connectivity index (χ0) is 17.7. The van der Waals surface area contributed by atoms with Crippen LogP contribution in [0.1, 0.15) is 33.9 Å². The summed E-state index contributed by atoms with van der Waals surface area (Å²) in [5.41, 5.74) is 4.53. The molecular formula is C19H20ClNO4. The van der Waals surface area contributed by atoms with Crippen LogP contribution in [0.2, 0.25) is 5.02 Å². The van der Waals surface area contributed by atoms with Gasteiger partial charge in [0.2, 0.25) is 0 Å². The van der Waals surface area contributed by atoms with Gasteiger partial charge in [0.1, 0.15) is 5.75 Å². The first kappa shape index (κ1) is 16.5. The summed E-state index contributed by atoms with van der Waals surface area (Å²) in [6, 6.07) is 5.41. The molecule has 2 aliphatic rings. The fourth-order valence-electron chi connectivity index (χ4n) is 4.05. The molecule has 0 fully saturated rings. The number of phenolic OH excluding ortho intramolecular Hbond substituents is 1. The zero-order valence-electron chi connectivity index (χ0n) is 13.9. The Hall–Kier alpha value is -1.95. The Labute approximate surface area is 151 Å². The fraction of sp³-hybridized carbons (Fsp3) is 0.368. The van der Waals surface area contributed by atoms with Crippen LogP contribution in [-0.4, -0.2) is 33.9 Å². The Bertz CT molecular complexity index is 852. The number of benzene rings is 2. The molecular weight excluding hydrogens is 342 g/mol. The number of aromatic hydroxyl groups is 2. The second kappa shape index (κ2) is 6.09. The monoisotopic (exact) mass is 361 g/mol. The molecule has 2 aliphatic heterocycles. The highest BCUT2D eigenvalue weighted by molar-refractivity contribution is 6.31. The van der Waals surface area contributed by atoms with Gasteiger partial charge < -0.3 is 20.1 Å².